The van der Waals surface area contributed by atoms with Gasteiger partial charge in [0, 0.05) is 30.0 Å². The molecular weight excluding hydrogens is 330 g/mol. The molecule has 0 bridgehead atoms. The molecule has 0 unspecified atom stereocenters. The molecule has 0 radical (unpaired) electrons. The van der Waals surface area contributed by atoms with Crippen LogP contribution in [0.3, 0.4) is 0 Å². The van der Waals surface area contributed by atoms with E-state index in [1.165, 1.54) is 5.56 Å². The lowest BCUT2D eigenvalue weighted by atomic mass is 10.1. The van der Waals surface area contributed by atoms with Crippen molar-refractivity contribution in [1.29, 1.82) is 0 Å². The number of nitrogens with zero attached hydrogens (tertiary/aromatic N) is 2. The Morgan fingerprint density at radius 3 is 2.68 bits per heavy atom. The zero-order valence-corrected chi connectivity index (χ0v) is 14.8. The molecule has 0 aliphatic rings. The van der Waals surface area contributed by atoms with Gasteiger partial charge < -0.3 is 5.32 Å². The Balaban J connectivity index is 1.74. The summed E-state index contributed by atoms with van der Waals surface area (Å²) in [5.41, 5.74) is 3.73. The summed E-state index contributed by atoms with van der Waals surface area (Å²) < 4.78 is 0. The molecule has 126 valence electrons. The summed E-state index contributed by atoms with van der Waals surface area (Å²) in [4.78, 5) is 21.1. The van der Waals surface area contributed by atoms with Crippen molar-refractivity contribution < 1.29 is 4.79 Å². The number of carbonyl (C=O) groups is 1. The number of aromatic nitrogens is 2. The molecule has 0 aliphatic heterocycles. The average molecular weight is 349 g/mol. The van der Waals surface area contributed by atoms with E-state index < -0.39 is 0 Å². The normalized spacial score (nSPS) is 10.4. The van der Waals surface area contributed by atoms with Gasteiger partial charge in [-0.2, -0.15) is 0 Å². The van der Waals surface area contributed by atoms with Crippen LogP contribution in [-0.2, 0) is 12.2 Å². The minimum Gasteiger partial charge on any atom is -0.322 e. The fraction of sp³-hybridized carbons (Fsp3) is 0.150. The molecule has 0 saturated heterocycles. The van der Waals surface area contributed by atoms with Crippen molar-refractivity contribution >= 4 is 23.4 Å². The Morgan fingerprint density at radius 2 is 1.88 bits per heavy atom. The van der Waals surface area contributed by atoms with E-state index in [1.807, 2.05) is 30.3 Å². The van der Waals surface area contributed by atoms with Crippen molar-refractivity contribution in [1.82, 2.24) is 9.97 Å². The zero-order valence-electron chi connectivity index (χ0n) is 14.0. The van der Waals surface area contributed by atoms with Crippen LogP contribution in [0.5, 0.6) is 0 Å². The van der Waals surface area contributed by atoms with Crippen LogP contribution < -0.4 is 5.32 Å². The van der Waals surface area contributed by atoms with Crippen molar-refractivity contribution in [2.45, 2.75) is 24.1 Å². The minimum absolute atomic E-state index is 0.140. The van der Waals surface area contributed by atoms with E-state index in [1.54, 1.807) is 42.5 Å². The highest BCUT2D eigenvalue weighted by Gasteiger charge is 2.13. The molecule has 0 spiro atoms. The average Bonchev–Trinajstić information content (AvgIpc) is 2.67. The molecule has 0 saturated carbocycles. The molecule has 0 atom stereocenters. The number of rotatable bonds is 6. The largest absolute Gasteiger partial charge is 0.322 e. The first kappa shape index (κ1) is 17.2. The number of pyridine rings is 2. The molecule has 2 heterocycles. The summed E-state index contributed by atoms with van der Waals surface area (Å²) in [7, 11) is 0. The highest BCUT2D eigenvalue weighted by Crippen LogP contribution is 2.25. The van der Waals surface area contributed by atoms with Gasteiger partial charge in [-0.15, -0.1) is 11.8 Å². The lowest BCUT2D eigenvalue weighted by Crippen LogP contribution is -2.13. The van der Waals surface area contributed by atoms with Gasteiger partial charge >= 0.3 is 0 Å². The topological polar surface area (TPSA) is 54.9 Å². The first-order valence-corrected chi connectivity index (χ1v) is 9.12. The molecule has 0 aliphatic carbocycles. The van der Waals surface area contributed by atoms with Gasteiger partial charge in [-0.25, -0.2) is 4.98 Å². The third kappa shape index (κ3) is 4.67. The Morgan fingerprint density at radius 1 is 1.04 bits per heavy atom. The molecule has 3 rings (SSSR count). The standard InChI is InChI=1S/C20H19N3OS/c1-2-15-5-3-6-17(13-15)23-19(24)18-7-4-10-22-20(18)25-14-16-8-11-21-12-9-16/h3-13H,2,14H2,1H3,(H,23,24). The smallest absolute Gasteiger partial charge is 0.258 e. The predicted octanol–water partition coefficient (Wildman–Crippen LogP) is 4.58. The van der Waals surface area contributed by atoms with E-state index in [-0.39, 0.29) is 5.91 Å². The number of aryl methyl sites for hydroxylation is 1. The lowest BCUT2D eigenvalue weighted by molar-refractivity contribution is 0.102. The van der Waals surface area contributed by atoms with Crippen LogP contribution in [0, 0.1) is 0 Å². The van der Waals surface area contributed by atoms with Gasteiger partial charge in [-0.05, 0) is 53.9 Å². The summed E-state index contributed by atoms with van der Waals surface area (Å²) in [6.07, 6.45) is 6.18. The number of amides is 1. The molecule has 25 heavy (non-hydrogen) atoms. The second-order valence-corrected chi connectivity index (χ2v) is 6.47. The Labute approximate surface area is 151 Å². The Bertz CT molecular complexity index is 852. The molecule has 5 heteroatoms. The first-order valence-electron chi connectivity index (χ1n) is 8.13. The summed E-state index contributed by atoms with van der Waals surface area (Å²) in [5, 5.41) is 3.69. The molecule has 1 aromatic carbocycles. The van der Waals surface area contributed by atoms with Gasteiger partial charge in [0.1, 0.15) is 5.03 Å². The van der Waals surface area contributed by atoms with Gasteiger partial charge in [0.2, 0.25) is 0 Å². The van der Waals surface area contributed by atoms with E-state index in [0.717, 1.165) is 28.5 Å². The molecule has 2 aromatic heterocycles. The molecule has 3 aromatic rings. The van der Waals surface area contributed by atoms with Crippen LogP contribution in [0.1, 0.15) is 28.4 Å². The van der Waals surface area contributed by atoms with Crippen molar-refractivity contribution in [3.63, 3.8) is 0 Å². The van der Waals surface area contributed by atoms with Gasteiger partial charge in [-0.3, -0.25) is 9.78 Å². The van der Waals surface area contributed by atoms with Crippen LogP contribution in [0.2, 0.25) is 0 Å². The van der Waals surface area contributed by atoms with Crippen LogP contribution in [0.15, 0.2) is 72.1 Å². The molecule has 4 nitrogen and oxygen atoms in total. The van der Waals surface area contributed by atoms with E-state index in [4.69, 9.17) is 0 Å². The third-order valence-corrected chi connectivity index (χ3v) is 4.81. The molecule has 1 amide bonds. The highest BCUT2D eigenvalue weighted by atomic mass is 32.2. The first-order chi connectivity index (χ1) is 12.3. The van der Waals surface area contributed by atoms with Crippen molar-refractivity contribution in [3.05, 3.63) is 83.8 Å². The second kappa shape index (κ2) is 8.44. The van der Waals surface area contributed by atoms with Gasteiger partial charge in [-0.1, -0.05) is 19.1 Å². The molecule has 1 N–H and O–H groups in total. The van der Waals surface area contributed by atoms with E-state index in [9.17, 15) is 4.79 Å². The van der Waals surface area contributed by atoms with Crippen LogP contribution in [0.4, 0.5) is 5.69 Å². The van der Waals surface area contributed by atoms with Crippen LogP contribution in [-0.4, -0.2) is 15.9 Å². The number of hydrogen-bond donors (Lipinski definition) is 1. The van der Waals surface area contributed by atoms with Crippen molar-refractivity contribution in [2.75, 3.05) is 5.32 Å². The fourth-order valence-electron chi connectivity index (χ4n) is 2.38. The van der Waals surface area contributed by atoms with Crippen LogP contribution in [0.25, 0.3) is 0 Å². The number of benzene rings is 1. The van der Waals surface area contributed by atoms with Gasteiger partial charge in [0.05, 0.1) is 5.56 Å². The summed E-state index contributed by atoms with van der Waals surface area (Å²) in [6.45, 7) is 2.09. The maximum absolute atomic E-state index is 12.7. The Kier molecular flexibility index (Phi) is 5.80. The molecule has 0 fully saturated rings. The summed E-state index contributed by atoms with van der Waals surface area (Å²) >= 11 is 1.55. The number of hydrogen-bond acceptors (Lipinski definition) is 4. The van der Waals surface area contributed by atoms with E-state index in [2.05, 4.69) is 28.3 Å². The quantitative estimate of drug-likeness (QED) is 0.662. The van der Waals surface area contributed by atoms with E-state index in [0.29, 0.717) is 5.56 Å². The van der Waals surface area contributed by atoms with Crippen molar-refractivity contribution in [3.8, 4) is 0 Å². The number of nitrogens with one attached hydrogen (secondary N) is 1. The fourth-order valence-corrected chi connectivity index (χ4v) is 3.32. The lowest BCUT2D eigenvalue weighted by Gasteiger charge is -2.10. The Hall–Kier alpha value is -2.66. The van der Waals surface area contributed by atoms with Gasteiger partial charge in [0.15, 0.2) is 0 Å². The predicted molar refractivity (Wildman–Crippen MR) is 102 cm³/mol. The summed E-state index contributed by atoms with van der Waals surface area (Å²) in [6, 6.07) is 15.4. The van der Waals surface area contributed by atoms with Crippen molar-refractivity contribution in [2.24, 2.45) is 0 Å². The number of carbonyl (C=O) groups excluding carboxylic acids is 1. The zero-order chi connectivity index (χ0) is 17.5. The number of thioether (sulfide) groups is 1. The van der Waals surface area contributed by atoms with Gasteiger partial charge in [0.25, 0.3) is 5.91 Å². The third-order valence-electron chi connectivity index (χ3n) is 3.73. The molecular formula is C20H19N3OS. The SMILES string of the molecule is CCc1cccc(NC(=O)c2cccnc2SCc2ccncc2)c1. The second-order valence-electron chi connectivity index (χ2n) is 5.51. The van der Waals surface area contributed by atoms with E-state index >= 15 is 0 Å². The highest BCUT2D eigenvalue weighted by molar-refractivity contribution is 7.98. The number of anilines is 1. The maximum Gasteiger partial charge on any atom is 0.258 e. The minimum atomic E-state index is -0.140. The maximum atomic E-state index is 12.7. The van der Waals surface area contributed by atoms with Crippen LogP contribution >= 0.6 is 11.8 Å². The monoisotopic (exact) mass is 349 g/mol. The summed E-state index contributed by atoms with van der Waals surface area (Å²) in [5.74, 6) is 0.601.